The second kappa shape index (κ2) is 5.18. The SMILES string of the molecule is O=S(=O)(Nc1ccc(F)c(Br)c1)c1cccc(O)c1. The summed E-state index contributed by atoms with van der Waals surface area (Å²) in [5, 5.41) is 9.27. The van der Waals surface area contributed by atoms with Gasteiger partial charge in [-0.15, -0.1) is 0 Å². The van der Waals surface area contributed by atoms with Gasteiger partial charge in [0.1, 0.15) is 11.6 Å². The highest BCUT2D eigenvalue weighted by Gasteiger charge is 2.15. The van der Waals surface area contributed by atoms with E-state index in [1.165, 1.54) is 30.3 Å². The Morgan fingerprint density at radius 1 is 1.16 bits per heavy atom. The predicted octanol–water partition coefficient (Wildman–Crippen LogP) is 3.09. The highest BCUT2D eigenvalue weighted by Crippen LogP contribution is 2.23. The van der Waals surface area contributed by atoms with Gasteiger partial charge in [-0.25, -0.2) is 12.8 Å². The number of hydrogen-bond donors (Lipinski definition) is 2. The molecule has 100 valence electrons. The van der Waals surface area contributed by atoms with E-state index in [1.807, 2.05) is 0 Å². The molecule has 0 aromatic heterocycles. The molecule has 0 bridgehead atoms. The van der Waals surface area contributed by atoms with E-state index in [0.29, 0.717) is 0 Å². The van der Waals surface area contributed by atoms with Gasteiger partial charge in [-0.2, -0.15) is 0 Å². The summed E-state index contributed by atoms with van der Waals surface area (Å²) >= 11 is 2.97. The molecule has 0 saturated carbocycles. The largest absolute Gasteiger partial charge is 0.508 e. The second-order valence-corrected chi connectivity index (χ2v) is 6.27. The Morgan fingerprint density at radius 3 is 2.53 bits per heavy atom. The fourth-order valence-corrected chi connectivity index (χ4v) is 2.89. The zero-order valence-electron chi connectivity index (χ0n) is 9.47. The molecule has 0 atom stereocenters. The van der Waals surface area contributed by atoms with Crippen molar-refractivity contribution in [1.29, 1.82) is 0 Å². The Bertz CT molecular complexity index is 719. The van der Waals surface area contributed by atoms with Crippen molar-refractivity contribution < 1.29 is 17.9 Å². The van der Waals surface area contributed by atoms with Crippen molar-refractivity contribution >= 4 is 31.6 Å². The number of nitrogens with one attached hydrogen (secondary N) is 1. The molecule has 2 aromatic rings. The Morgan fingerprint density at radius 2 is 1.89 bits per heavy atom. The number of rotatable bonds is 3. The minimum absolute atomic E-state index is 0.0760. The molecule has 2 N–H and O–H groups in total. The van der Waals surface area contributed by atoms with Gasteiger partial charge in [-0.3, -0.25) is 4.72 Å². The van der Waals surface area contributed by atoms with E-state index < -0.39 is 15.8 Å². The number of aromatic hydroxyl groups is 1. The zero-order valence-corrected chi connectivity index (χ0v) is 11.9. The van der Waals surface area contributed by atoms with E-state index in [4.69, 9.17) is 0 Å². The van der Waals surface area contributed by atoms with Crippen LogP contribution in [0.5, 0.6) is 5.75 Å². The van der Waals surface area contributed by atoms with E-state index >= 15 is 0 Å². The highest BCUT2D eigenvalue weighted by molar-refractivity contribution is 9.10. The first-order valence-electron chi connectivity index (χ1n) is 5.15. The van der Waals surface area contributed by atoms with Crippen LogP contribution in [0.3, 0.4) is 0 Å². The van der Waals surface area contributed by atoms with E-state index in [9.17, 15) is 17.9 Å². The maximum atomic E-state index is 13.1. The molecule has 0 aliphatic rings. The molecular weight excluding hydrogens is 337 g/mol. The summed E-state index contributed by atoms with van der Waals surface area (Å²) in [7, 11) is -3.82. The minimum atomic E-state index is -3.82. The van der Waals surface area contributed by atoms with Crippen molar-refractivity contribution in [1.82, 2.24) is 0 Å². The molecule has 19 heavy (non-hydrogen) atoms. The summed E-state index contributed by atoms with van der Waals surface area (Å²) in [5.74, 6) is -0.636. The summed E-state index contributed by atoms with van der Waals surface area (Å²) in [6.07, 6.45) is 0. The summed E-state index contributed by atoms with van der Waals surface area (Å²) in [5.41, 5.74) is 0.219. The maximum absolute atomic E-state index is 13.1. The lowest BCUT2D eigenvalue weighted by Crippen LogP contribution is -2.12. The number of phenolic OH excluding ortho intramolecular Hbond substituents is 1. The molecule has 0 unspecified atom stereocenters. The molecule has 2 aromatic carbocycles. The van der Waals surface area contributed by atoms with Crippen molar-refractivity contribution in [3.05, 3.63) is 52.8 Å². The van der Waals surface area contributed by atoms with Crippen LogP contribution in [-0.2, 0) is 10.0 Å². The van der Waals surface area contributed by atoms with Gasteiger partial charge in [0.2, 0.25) is 0 Å². The fourth-order valence-electron chi connectivity index (χ4n) is 1.42. The van der Waals surface area contributed by atoms with Crippen molar-refractivity contribution in [3.63, 3.8) is 0 Å². The van der Waals surface area contributed by atoms with Crippen LogP contribution in [0, 0.1) is 5.82 Å². The molecule has 0 saturated heterocycles. The van der Waals surface area contributed by atoms with Gasteiger partial charge in [0, 0.05) is 6.07 Å². The summed E-state index contributed by atoms with van der Waals surface area (Å²) in [4.78, 5) is -0.0760. The Hall–Kier alpha value is -1.60. The average molecular weight is 346 g/mol. The van der Waals surface area contributed by atoms with Gasteiger partial charge in [0.15, 0.2) is 0 Å². The number of phenols is 1. The molecule has 2 rings (SSSR count). The Kier molecular flexibility index (Phi) is 3.77. The van der Waals surface area contributed by atoms with Crippen LogP contribution in [0.15, 0.2) is 51.8 Å². The molecule has 0 amide bonds. The monoisotopic (exact) mass is 345 g/mol. The number of benzene rings is 2. The molecule has 0 radical (unpaired) electrons. The number of halogens is 2. The molecule has 7 heteroatoms. The van der Waals surface area contributed by atoms with Crippen molar-refractivity contribution in [2.24, 2.45) is 0 Å². The number of sulfonamides is 1. The fraction of sp³-hybridized carbons (Fsp3) is 0. The Labute approximate surface area is 118 Å². The van der Waals surface area contributed by atoms with Gasteiger partial charge in [-0.05, 0) is 46.3 Å². The topological polar surface area (TPSA) is 66.4 Å². The predicted molar refractivity (Wildman–Crippen MR) is 73.0 cm³/mol. The maximum Gasteiger partial charge on any atom is 0.262 e. The molecular formula is C12H9BrFNO3S. The molecule has 4 nitrogen and oxygen atoms in total. The standard InChI is InChI=1S/C12H9BrFNO3S/c13-11-6-8(4-5-12(11)14)15-19(17,18)10-3-1-2-9(16)7-10/h1-7,15-16H. The molecule has 0 aliphatic carbocycles. The third-order valence-electron chi connectivity index (χ3n) is 2.30. The summed E-state index contributed by atoms with van der Waals surface area (Å²) in [6, 6.07) is 9.03. The van der Waals surface area contributed by atoms with Crippen LogP contribution in [0.25, 0.3) is 0 Å². The van der Waals surface area contributed by atoms with E-state index in [-0.39, 0.29) is 20.8 Å². The lowest BCUT2D eigenvalue weighted by molar-refractivity contribution is 0.473. The van der Waals surface area contributed by atoms with Gasteiger partial charge in [0.05, 0.1) is 15.1 Å². The minimum Gasteiger partial charge on any atom is -0.508 e. The van der Waals surface area contributed by atoms with Crippen LogP contribution in [0.2, 0.25) is 0 Å². The summed E-state index contributed by atoms with van der Waals surface area (Å²) in [6.45, 7) is 0. The van der Waals surface area contributed by atoms with Gasteiger partial charge >= 0.3 is 0 Å². The molecule has 0 spiro atoms. The van der Waals surface area contributed by atoms with Crippen LogP contribution in [-0.4, -0.2) is 13.5 Å². The van der Waals surface area contributed by atoms with Gasteiger partial charge < -0.3 is 5.11 Å². The quantitative estimate of drug-likeness (QED) is 0.898. The van der Waals surface area contributed by atoms with Crippen LogP contribution in [0.4, 0.5) is 10.1 Å². The average Bonchev–Trinajstić information content (AvgIpc) is 2.33. The van der Waals surface area contributed by atoms with Gasteiger partial charge in [0.25, 0.3) is 10.0 Å². The zero-order chi connectivity index (χ0) is 14.0. The van der Waals surface area contributed by atoms with E-state index in [1.54, 1.807) is 0 Å². The van der Waals surface area contributed by atoms with Crippen LogP contribution >= 0.6 is 15.9 Å². The van der Waals surface area contributed by atoms with Crippen molar-refractivity contribution in [2.45, 2.75) is 4.90 Å². The van der Waals surface area contributed by atoms with Crippen molar-refractivity contribution in [2.75, 3.05) is 4.72 Å². The van der Waals surface area contributed by atoms with Crippen LogP contribution < -0.4 is 4.72 Å². The smallest absolute Gasteiger partial charge is 0.262 e. The van der Waals surface area contributed by atoms with Crippen LogP contribution in [0.1, 0.15) is 0 Å². The van der Waals surface area contributed by atoms with E-state index in [2.05, 4.69) is 20.7 Å². The first-order valence-corrected chi connectivity index (χ1v) is 7.43. The number of hydrogen-bond acceptors (Lipinski definition) is 3. The lowest BCUT2D eigenvalue weighted by atomic mass is 10.3. The first-order chi connectivity index (χ1) is 8.88. The third kappa shape index (κ3) is 3.24. The highest BCUT2D eigenvalue weighted by atomic mass is 79.9. The lowest BCUT2D eigenvalue weighted by Gasteiger charge is -2.08. The normalized spacial score (nSPS) is 11.3. The Balaban J connectivity index is 2.33. The van der Waals surface area contributed by atoms with E-state index in [0.717, 1.165) is 12.1 Å². The third-order valence-corrected chi connectivity index (χ3v) is 4.29. The van der Waals surface area contributed by atoms with Gasteiger partial charge in [-0.1, -0.05) is 6.07 Å². The molecule has 0 heterocycles. The number of anilines is 1. The first kappa shape index (κ1) is 13.8. The second-order valence-electron chi connectivity index (χ2n) is 3.73. The summed E-state index contributed by atoms with van der Waals surface area (Å²) < 4.78 is 39.5. The molecule has 0 fully saturated rings. The van der Waals surface area contributed by atoms with Crippen molar-refractivity contribution in [3.8, 4) is 5.75 Å². The molecule has 0 aliphatic heterocycles.